The fourth-order valence-corrected chi connectivity index (χ4v) is 1.52. The van der Waals surface area contributed by atoms with Crippen LogP contribution in [0.2, 0.25) is 0 Å². The predicted octanol–water partition coefficient (Wildman–Crippen LogP) is 0.198. The molecule has 0 bridgehead atoms. The first kappa shape index (κ1) is 5.98. The van der Waals surface area contributed by atoms with E-state index in [0.29, 0.717) is 5.75 Å². The molecule has 3 heteroatoms. The van der Waals surface area contributed by atoms with E-state index in [-0.39, 0.29) is 6.04 Å². The number of hydrogen-bond acceptors (Lipinski definition) is 1. The first-order chi connectivity index (χ1) is 3.79. The Morgan fingerprint density at radius 3 is 3.00 bits per heavy atom. The van der Waals surface area contributed by atoms with Crippen LogP contribution in [0.5, 0.6) is 0 Å². The van der Waals surface area contributed by atoms with Gasteiger partial charge in [0.25, 0.3) is 0 Å². The first-order valence-corrected chi connectivity index (χ1v) is 3.92. The van der Waals surface area contributed by atoms with Gasteiger partial charge in [-0.3, -0.25) is 0 Å². The lowest BCUT2D eigenvalue weighted by Crippen LogP contribution is -2.30. The summed E-state index contributed by atoms with van der Waals surface area (Å²) in [7, 11) is -0.807. The molecule has 2 nitrogen and oxygen atoms in total. The van der Waals surface area contributed by atoms with Crippen LogP contribution >= 0.6 is 0 Å². The van der Waals surface area contributed by atoms with Crippen molar-refractivity contribution in [2.75, 3.05) is 5.75 Å². The highest BCUT2D eigenvalue weighted by atomic mass is 32.2. The molecular formula is C5H9NOS. The van der Waals surface area contributed by atoms with Crippen molar-refractivity contribution in [2.24, 2.45) is 0 Å². The SMILES string of the molecule is CC1C=CCS(=O)N1. The summed E-state index contributed by atoms with van der Waals surface area (Å²) in [6, 6.07) is 0.282. The molecule has 1 N–H and O–H groups in total. The first-order valence-electron chi connectivity index (χ1n) is 2.60. The van der Waals surface area contributed by atoms with Crippen LogP contribution < -0.4 is 4.72 Å². The molecule has 2 unspecified atom stereocenters. The minimum absolute atomic E-state index is 0.282. The lowest BCUT2D eigenvalue weighted by molar-refractivity contribution is 0.664. The fraction of sp³-hybridized carbons (Fsp3) is 0.600. The van der Waals surface area contributed by atoms with Gasteiger partial charge in [0.05, 0.1) is 16.7 Å². The quantitative estimate of drug-likeness (QED) is 0.467. The summed E-state index contributed by atoms with van der Waals surface area (Å²) in [5.74, 6) is 0.657. The molecule has 0 saturated carbocycles. The molecule has 0 saturated heterocycles. The molecule has 8 heavy (non-hydrogen) atoms. The van der Waals surface area contributed by atoms with Gasteiger partial charge in [-0.2, -0.15) is 0 Å². The Hall–Kier alpha value is -0.150. The van der Waals surface area contributed by atoms with Gasteiger partial charge in [-0.05, 0) is 6.92 Å². The summed E-state index contributed by atoms with van der Waals surface area (Å²) >= 11 is 0. The van der Waals surface area contributed by atoms with Crippen LogP contribution in [-0.4, -0.2) is 16.0 Å². The Morgan fingerprint density at radius 2 is 2.62 bits per heavy atom. The molecule has 0 fully saturated rings. The number of rotatable bonds is 0. The maximum Gasteiger partial charge on any atom is 0.0959 e. The molecule has 0 aromatic heterocycles. The van der Waals surface area contributed by atoms with Crippen molar-refractivity contribution < 1.29 is 4.21 Å². The van der Waals surface area contributed by atoms with E-state index in [0.717, 1.165) is 0 Å². The second kappa shape index (κ2) is 2.42. The zero-order valence-electron chi connectivity index (χ0n) is 4.76. The highest BCUT2D eigenvalue weighted by molar-refractivity contribution is 7.83. The van der Waals surface area contributed by atoms with E-state index in [1.54, 1.807) is 0 Å². The van der Waals surface area contributed by atoms with Crippen molar-refractivity contribution in [1.82, 2.24) is 4.72 Å². The highest BCUT2D eigenvalue weighted by Gasteiger charge is 2.04. The number of nitrogens with one attached hydrogen (secondary N) is 1. The van der Waals surface area contributed by atoms with Gasteiger partial charge < -0.3 is 0 Å². The Balaban J connectivity index is 2.54. The van der Waals surface area contributed by atoms with Gasteiger partial charge >= 0.3 is 0 Å². The monoisotopic (exact) mass is 131 g/mol. The Labute approximate surface area is 51.6 Å². The highest BCUT2D eigenvalue weighted by Crippen LogP contribution is 1.94. The van der Waals surface area contributed by atoms with Crippen molar-refractivity contribution in [3.63, 3.8) is 0 Å². The molecule has 0 amide bonds. The van der Waals surface area contributed by atoms with Crippen LogP contribution in [0.1, 0.15) is 6.92 Å². The second-order valence-electron chi connectivity index (χ2n) is 1.85. The molecular weight excluding hydrogens is 122 g/mol. The van der Waals surface area contributed by atoms with Crippen molar-refractivity contribution in [1.29, 1.82) is 0 Å². The van der Waals surface area contributed by atoms with Gasteiger partial charge in [-0.25, -0.2) is 8.93 Å². The summed E-state index contributed by atoms with van der Waals surface area (Å²) in [5, 5.41) is 0. The number of hydrogen-bond donors (Lipinski definition) is 1. The Morgan fingerprint density at radius 1 is 1.88 bits per heavy atom. The topological polar surface area (TPSA) is 29.1 Å². The molecule has 0 aromatic rings. The average Bonchev–Trinajstić information content (AvgIpc) is 1.64. The van der Waals surface area contributed by atoms with E-state index < -0.39 is 11.0 Å². The standard InChI is InChI=1S/C5H9NOS/c1-5-3-2-4-8(7)6-5/h2-3,5-6H,4H2,1H3. The van der Waals surface area contributed by atoms with Crippen LogP contribution in [0.3, 0.4) is 0 Å². The largest absolute Gasteiger partial charge is 0.243 e. The van der Waals surface area contributed by atoms with Crippen LogP contribution in [-0.2, 0) is 11.0 Å². The van der Waals surface area contributed by atoms with E-state index in [2.05, 4.69) is 4.72 Å². The Bertz CT molecular complexity index is 132. The van der Waals surface area contributed by atoms with Gasteiger partial charge in [-0.1, -0.05) is 12.2 Å². The smallest absolute Gasteiger partial charge is 0.0959 e. The lowest BCUT2D eigenvalue weighted by Gasteiger charge is -2.11. The third-order valence-corrected chi connectivity index (χ3v) is 2.12. The van der Waals surface area contributed by atoms with Gasteiger partial charge in [0.2, 0.25) is 0 Å². The molecule has 0 aliphatic carbocycles. The minimum atomic E-state index is -0.807. The van der Waals surface area contributed by atoms with Crippen LogP contribution in [0, 0.1) is 0 Å². The van der Waals surface area contributed by atoms with Crippen LogP contribution in [0.15, 0.2) is 12.2 Å². The van der Waals surface area contributed by atoms with E-state index in [9.17, 15) is 4.21 Å². The molecule has 1 rings (SSSR count). The maximum absolute atomic E-state index is 10.6. The second-order valence-corrected chi connectivity index (χ2v) is 3.11. The maximum atomic E-state index is 10.6. The summed E-state index contributed by atoms with van der Waals surface area (Å²) in [5.41, 5.74) is 0. The summed E-state index contributed by atoms with van der Waals surface area (Å²) in [6.45, 7) is 1.98. The average molecular weight is 131 g/mol. The van der Waals surface area contributed by atoms with Crippen LogP contribution in [0.25, 0.3) is 0 Å². The molecule has 1 aliphatic rings. The van der Waals surface area contributed by atoms with E-state index >= 15 is 0 Å². The van der Waals surface area contributed by atoms with Crippen molar-refractivity contribution in [3.05, 3.63) is 12.2 Å². The lowest BCUT2D eigenvalue weighted by atomic mass is 10.3. The third-order valence-electron chi connectivity index (χ3n) is 0.990. The molecule has 2 atom stereocenters. The summed E-state index contributed by atoms with van der Waals surface area (Å²) in [4.78, 5) is 0. The normalized spacial score (nSPS) is 37.6. The molecule has 46 valence electrons. The van der Waals surface area contributed by atoms with Crippen molar-refractivity contribution in [3.8, 4) is 0 Å². The zero-order valence-corrected chi connectivity index (χ0v) is 5.57. The Kier molecular flexibility index (Phi) is 1.81. The molecule has 1 heterocycles. The third kappa shape index (κ3) is 1.42. The van der Waals surface area contributed by atoms with E-state index in [1.807, 2.05) is 19.1 Å². The molecule has 1 aliphatic heterocycles. The van der Waals surface area contributed by atoms with Crippen molar-refractivity contribution in [2.45, 2.75) is 13.0 Å². The molecule has 0 aromatic carbocycles. The van der Waals surface area contributed by atoms with Gasteiger partial charge in [-0.15, -0.1) is 0 Å². The van der Waals surface area contributed by atoms with Gasteiger partial charge in [0.1, 0.15) is 0 Å². The molecule has 0 spiro atoms. The van der Waals surface area contributed by atoms with Gasteiger partial charge in [0, 0.05) is 6.04 Å². The summed E-state index contributed by atoms with van der Waals surface area (Å²) < 4.78 is 13.5. The summed E-state index contributed by atoms with van der Waals surface area (Å²) in [6.07, 6.45) is 3.96. The fourth-order valence-electron chi connectivity index (χ4n) is 0.642. The minimum Gasteiger partial charge on any atom is -0.243 e. The van der Waals surface area contributed by atoms with E-state index in [4.69, 9.17) is 0 Å². The zero-order chi connectivity index (χ0) is 5.98. The van der Waals surface area contributed by atoms with Crippen molar-refractivity contribution >= 4 is 11.0 Å². The van der Waals surface area contributed by atoms with E-state index in [1.165, 1.54) is 0 Å². The van der Waals surface area contributed by atoms with Gasteiger partial charge in [0.15, 0.2) is 0 Å². The van der Waals surface area contributed by atoms with Crippen LogP contribution in [0.4, 0.5) is 0 Å². The molecule has 0 radical (unpaired) electrons. The predicted molar refractivity (Wildman–Crippen MR) is 34.7 cm³/mol.